The molecule has 0 atom stereocenters. The van der Waals surface area contributed by atoms with E-state index in [1.54, 1.807) is 36.4 Å². The van der Waals surface area contributed by atoms with E-state index in [2.05, 4.69) is 10.2 Å². The third-order valence-electron chi connectivity index (χ3n) is 5.68. The van der Waals surface area contributed by atoms with E-state index in [-0.39, 0.29) is 17.9 Å². The molecule has 1 aromatic heterocycles. The number of carbonyl (C=O) groups excluding carboxylic acids is 1. The molecule has 0 aliphatic carbocycles. The Balaban J connectivity index is 1.69. The van der Waals surface area contributed by atoms with Gasteiger partial charge in [0.05, 0.1) is 29.0 Å². The van der Waals surface area contributed by atoms with Gasteiger partial charge < -0.3 is 24.5 Å². The highest BCUT2D eigenvalue weighted by Crippen LogP contribution is 2.34. The molecule has 1 aliphatic rings. The molecule has 0 saturated carbocycles. The van der Waals surface area contributed by atoms with Gasteiger partial charge in [-0.2, -0.15) is 0 Å². The second-order valence-corrected chi connectivity index (χ2v) is 7.80. The lowest BCUT2D eigenvalue weighted by atomic mass is 10.1. The van der Waals surface area contributed by atoms with Gasteiger partial charge in [-0.15, -0.1) is 0 Å². The summed E-state index contributed by atoms with van der Waals surface area (Å²) in [7, 11) is 1.49. The molecule has 0 unspecified atom stereocenters. The van der Waals surface area contributed by atoms with Crippen LogP contribution in [-0.4, -0.2) is 36.1 Å². The first kappa shape index (κ1) is 22.3. The Bertz CT molecular complexity index is 1170. The summed E-state index contributed by atoms with van der Waals surface area (Å²) < 4.78 is 11.0. The summed E-state index contributed by atoms with van der Waals surface area (Å²) >= 11 is 0. The predicted octanol–water partition coefficient (Wildman–Crippen LogP) is 4.60. The summed E-state index contributed by atoms with van der Waals surface area (Å²) in [4.78, 5) is 26.3. The molecule has 1 amide bonds. The largest absolute Gasteiger partial charge is 0.495 e. The van der Waals surface area contributed by atoms with Crippen LogP contribution in [0.25, 0.3) is 11.3 Å². The van der Waals surface area contributed by atoms with E-state index in [9.17, 15) is 20.0 Å². The summed E-state index contributed by atoms with van der Waals surface area (Å²) in [5.41, 5.74) is 1.85. The Kier molecular flexibility index (Phi) is 6.60. The van der Waals surface area contributed by atoms with E-state index in [1.807, 2.05) is 0 Å². The van der Waals surface area contributed by atoms with E-state index in [1.165, 1.54) is 19.2 Å². The molecule has 0 bridgehead atoms. The number of non-ortho nitro benzene ring substituents is 1. The van der Waals surface area contributed by atoms with Crippen LogP contribution in [0.15, 0.2) is 52.9 Å². The van der Waals surface area contributed by atoms with E-state index >= 15 is 0 Å². The van der Waals surface area contributed by atoms with Gasteiger partial charge >= 0.3 is 0 Å². The van der Waals surface area contributed by atoms with Crippen LogP contribution < -0.4 is 15.0 Å². The average molecular weight is 451 g/mol. The lowest BCUT2D eigenvalue weighted by Crippen LogP contribution is -2.31. The average Bonchev–Trinajstić information content (AvgIpc) is 3.33. The molecule has 2 N–H and O–H groups in total. The van der Waals surface area contributed by atoms with Crippen molar-refractivity contribution in [3.8, 4) is 17.1 Å². The number of benzene rings is 2. The van der Waals surface area contributed by atoms with Crippen molar-refractivity contribution in [1.29, 1.82) is 0 Å². The van der Waals surface area contributed by atoms with Gasteiger partial charge in [0.1, 0.15) is 23.9 Å². The van der Waals surface area contributed by atoms with Gasteiger partial charge in [-0.3, -0.25) is 14.9 Å². The number of nitro groups is 1. The maximum absolute atomic E-state index is 13.3. The number of nitrogens with zero attached hydrogens (tertiary/aromatic N) is 2. The number of furan rings is 1. The highest BCUT2D eigenvalue weighted by molar-refractivity contribution is 6.09. The van der Waals surface area contributed by atoms with Gasteiger partial charge in [-0.05, 0) is 55.7 Å². The van der Waals surface area contributed by atoms with Crippen molar-refractivity contribution in [2.75, 3.05) is 30.4 Å². The normalized spacial score (nSPS) is 13.6. The van der Waals surface area contributed by atoms with Crippen molar-refractivity contribution >= 4 is 23.0 Å². The van der Waals surface area contributed by atoms with Crippen LogP contribution in [0.5, 0.6) is 5.75 Å². The first-order valence-corrected chi connectivity index (χ1v) is 10.7. The maximum atomic E-state index is 13.3. The molecule has 172 valence electrons. The number of carbonyl (C=O) groups is 1. The number of aliphatic hydroxyl groups is 1. The topological polar surface area (TPSA) is 118 Å². The fraction of sp³-hybridized carbons (Fsp3) is 0.292. The van der Waals surface area contributed by atoms with Crippen LogP contribution in [0, 0.1) is 10.1 Å². The van der Waals surface area contributed by atoms with Crippen molar-refractivity contribution in [2.24, 2.45) is 0 Å². The summed E-state index contributed by atoms with van der Waals surface area (Å²) in [6, 6.07) is 13.0. The minimum atomic E-state index is -0.506. The molecule has 1 saturated heterocycles. The number of nitro benzene ring substituents is 1. The summed E-state index contributed by atoms with van der Waals surface area (Å²) in [5.74, 6) is 0.923. The van der Waals surface area contributed by atoms with Crippen LogP contribution >= 0.6 is 0 Å². The summed E-state index contributed by atoms with van der Waals surface area (Å²) in [6.45, 7) is 1.37. The zero-order valence-corrected chi connectivity index (χ0v) is 18.2. The maximum Gasteiger partial charge on any atom is 0.270 e. The number of ether oxygens (including phenoxy) is 1. The Hall–Kier alpha value is -3.85. The van der Waals surface area contributed by atoms with Crippen LogP contribution in [0.1, 0.15) is 35.4 Å². The van der Waals surface area contributed by atoms with Gasteiger partial charge in [-0.25, -0.2) is 0 Å². The van der Waals surface area contributed by atoms with Crippen LogP contribution in [0.3, 0.4) is 0 Å². The first-order chi connectivity index (χ1) is 16.0. The van der Waals surface area contributed by atoms with E-state index < -0.39 is 10.8 Å². The molecule has 9 heteroatoms. The highest BCUT2D eigenvalue weighted by atomic mass is 16.6. The molecule has 33 heavy (non-hydrogen) atoms. The smallest absolute Gasteiger partial charge is 0.270 e. The molecule has 4 rings (SSSR count). The zero-order valence-electron chi connectivity index (χ0n) is 18.2. The van der Waals surface area contributed by atoms with Gasteiger partial charge in [-0.1, -0.05) is 0 Å². The number of aliphatic hydroxyl groups excluding tert-OH is 1. The Morgan fingerprint density at radius 1 is 1.15 bits per heavy atom. The highest BCUT2D eigenvalue weighted by Gasteiger charge is 2.23. The molecule has 3 aromatic rings. The second kappa shape index (κ2) is 9.74. The number of methoxy groups -OCH3 is 1. The minimum absolute atomic E-state index is 0.145. The number of rotatable bonds is 7. The van der Waals surface area contributed by atoms with Crippen molar-refractivity contribution in [3.05, 3.63) is 70.0 Å². The lowest BCUT2D eigenvalue weighted by molar-refractivity contribution is -0.384. The quantitative estimate of drug-likeness (QED) is 0.398. The molecule has 0 spiro atoms. The summed E-state index contributed by atoms with van der Waals surface area (Å²) in [6.07, 6.45) is 3.14. The second-order valence-electron chi connectivity index (χ2n) is 7.80. The lowest BCUT2D eigenvalue weighted by Gasteiger charge is -2.30. The fourth-order valence-electron chi connectivity index (χ4n) is 4.00. The van der Waals surface area contributed by atoms with Crippen LogP contribution in [0.4, 0.5) is 17.1 Å². The Morgan fingerprint density at radius 2 is 1.94 bits per heavy atom. The molecular formula is C24H25N3O6. The Labute approximate surface area is 190 Å². The predicted molar refractivity (Wildman–Crippen MR) is 124 cm³/mol. The molecular weight excluding hydrogens is 426 g/mol. The van der Waals surface area contributed by atoms with Gasteiger partial charge in [0.15, 0.2) is 0 Å². The van der Waals surface area contributed by atoms with E-state index in [0.29, 0.717) is 34.2 Å². The minimum Gasteiger partial charge on any atom is -0.495 e. The van der Waals surface area contributed by atoms with E-state index in [0.717, 1.165) is 32.4 Å². The summed E-state index contributed by atoms with van der Waals surface area (Å²) in [5, 5.41) is 23.5. The number of amides is 1. The molecule has 1 fully saturated rings. The number of hydrogen-bond donors (Lipinski definition) is 2. The molecule has 9 nitrogen and oxygen atoms in total. The van der Waals surface area contributed by atoms with Crippen molar-refractivity contribution < 1.29 is 24.0 Å². The van der Waals surface area contributed by atoms with Crippen molar-refractivity contribution in [2.45, 2.75) is 25.9 Å². The standard InChI is InChI=1S/C24H25N3O6/c1-32-23-9-5-16(22-10-7-18(15-28)33-22)13-20(23)25-24(29)19-14-17(27(30)31)6-8-21(19)26-11-3-2-4-12-26/h5-10,13-14,28H,2-4,11-12,15H2,1H3,(H,25,29). The van der Waals surface area contributed by atoms with Crippen molar-refractivity contribution in [3.63, 3.8) is 0 Å². The number of piperidine rings is 1. The van der Waals surface area contributed by atoms with Crippen LogP contribution in [-0.2, 0) is 6.61 Å². The zero-order chi connectivity index (χ0) is 23.4. The number of anilines is 2. The molecule has 1 aliphatic heterocycles. The third kappa shape index (κ3) is 4.83. The molecule has 2 heterocycles. The molecule has 2 aromatic carbocycles. The number of hydrogen-bond acceptors (Lipinski definition) is 7. The first-order valence-electron chi connectivity index (χ1n) is 10.7. The van der Waals surface area contributed by atoms with Gasteiger partial charge in [0.25, 0.3) is 11.6 Å². The van der Waals surface area contributed by atoms with E-state index in [4.69, 9.17) is 9.15 Å². The van der Waals surface area contributed by atoms with Crippen LogP contribution in [0.2, 0.25) is 0 Å². The molecule has 0 radical (unpaired) electrons. The van der Waals surface area contributed by atoms with Crippen molar-refractivity contribution in [1.82, 2.24) is 0 Å². The van der Waals surface area contributed by atoms with Gasteiger partial charge in [0, 0.05) is 30.8 Å². The fourth-order valence-corrected chi connectivity index (χ4v) is 4.00. The Morgan fingerprint density at radius 3 is 2.61 bits per heavy atom. The number of nitrogens with one attached hydrogen (secondary N) is 1. The monoisotopic (exact) mass is 451 g/mol. The van der Waals surface area contributed by atoms with Gasteiger partial charge in [0.2, 0.25) is 0 Å². The third-order valence-corrected chi connectivity index (χ3v) is 5.68. The SMILES string of the molecule is COc1ccc(-c2ccc(CO)o2)cc1NC(=O)c1cc([N+](=O)[O-])ccc1N1CCCCC1.